The number of nitrogens with one attached hydrogen (secondary N) is 1. The van der Waals surface area contributed by atoms with Crippen molar-refractivity contribution < 1.29 is 22.7 Å². The number of benzene rings is 1. The minimum atomic E-state index is -3.46. The molecule has 4 atom stereocenters. The van der Waals surface area contributed by atoms with E-state index in [2.05, 4.69) is 24.3 Å². The number of carbonyl (C=O) groups is 1. The zero-order chi connectivity index (χ0) is 22.8. The summed E-state index contributed by atoms with van der Waals surface area (Å²) in [6.07, 6.45) is 14.6. The topological polar surface area (TPSA) is 81.7 Å². The normalized spacial score (nSPS) is 24.9. The average molecular weight is 464 g/mol. The van der Waals surface area contributed by atoms with Crippen LogP contribution in [0.1, 0.15) is 63.4 Å². The summed E-state index contributed by atoms with van der Waals surface area (Å²) in [6, 6.07) is 10.3. The second-order valence-corrected chi connectivity index (χ2v) is 10.8. The van der Waals surface area contributed by atoms with Crippen LogP contribution >= 0.6 is 0 Å². The number of fused-ring (bicyclic) bond motifs is 2. The fourth-order valence-electron chi connectivity index (χ4n) is 4.95. The summed E-state index contributed by atoms with van der Waals surface area (Å²) >= 11 is 0. The molecule has 2 fully saturated rings. The van der Waals surface area contributed by atoms with Gasteiger partial charge in [0.15, 0.2) is 0 Å². The minimum absolute atomic E-state index is 0.226. The fraction of sp³-hybridized carbons (Fsp3) is 0.640. The first kappa shape index (κ1) is 24.9. The van der Waals surface area contributed by atoms with Crippen LogP contribution in [0.25, 0.3) is 0 Å². The van der Waals surface area contributed by atoms with Gasteiger partial charge in [0, 0.05) is 13.0 Å². The molecular weight excluding hydrogens is 426 g/mol. The van der Waals surface area contributed by atoms with E-state index in [1.165, 1.54) is 31.2 Å². The zero-order valence-corrected chi connectivity index (χ0v) is 19.9. The molecule has 3 rings (SSSR count). The molecule has 32 heavy (non-hydrogen) atoms. The summed E-state index contributed by atoms with van der Waals surface area (Å²) in [5.41, 5.74) is 1.22. The van der Waals surface area contributed by atoms with Crippen molar-refractivity contribution in [3.05, 3.63) is 48.0 Å². The van der Waals surface area contributed by atoms with Crippen LogP contribution in [-0.2, 0) is 30.9 Å². The number of sulfonamides is 1. The van der Waals surface area contributed by atoms with Gasteiger partial charge in [-0.3, -0.25) is 9.52 Å². The highest BCUT2D eigenvalue weighted by Crippen LogP contribution is 2.47. The van der Waals surface area contributed by atoms with Crippen LogP contribution in [0.2, 0.25) is 0 Å². The Morgan fingerprint density at radius 1 is 1.09 bits per heavy atom. The molecule has 2 aliphatic heterocycles. The Morgan fingerprint density at radius 3 is 2.59 bits per heavy atom. The van der Waals surface area contributed by atoms with Crippen LogP contribution in [-0.4, -0.2) is 39.4 Å². The Labute approximate surface area is 192 Å². The Hall–Kier alpha value is -1.70. The summed E-state index contributed by atoms with van der Waals surface area (Å²) in [6.45, 7) is 1.48. The first-order valence-corrected chi connectivity index (χ1v) is 13.7. The first-order valence-electron chi connectivity index (χ1n) is 11.8. The SMILES string of the molecule is CS(=O)(=O)NC(=O)CCCC=CC[C@H]1[C@@H](CCCCOCc2ccccc2)[C@H]2CC[C@@H]1O2. The number of allylic oxidation sites excluding steroid dienone is 2. The lowest BCUT2D eigenvalue weighted by Crippen LogP contribution is -2.28. The van der Waals surface area contributed by atoms with Gasteiger partial charge in [-0.25, -0.2) is 8.42 Å². The molecule has 178 valence electrons. The highest BCUT2D eigenvalue weighted by Gasteiger charge is 2.47. The molecule has 1 aromatic rings. The summed E-state index contributed by atoms with van der Waals surface area (Å²) in [5.74, 6) is 0.784. The maximum Gasteiger partial charge on any atom is 0.233 e. The standard InChI is InChI=1S/C25H37NO5S/c1-32(28,29)26-25(27)15-8-3-2-7-13-21-22(24-17-16-23(21)31-24)14-9-10-18-30-19-20-11-5-4-6-12-20/h2,4-7,11-12,21-24H,3,8-10,13-19H2,1H3,(H,26,27)/t21-,22+,23-,24+/m0/s1. The summed E-state index contributed by atoms with van der Waals surface area (Å²) < 4.78 is 36.1. The molecule has 0 aromatic heterocycles. The summed E-state index contributed by atoms with van der Waals surface area (Å²) in [7, 11) is -3.46. The predicted octanol–water partition coefficient (Wildman–Crippen LogP) is 4.36. The van der Waals surface area contributed by atoms with Crippen LogP contribution < -0.4 is 4.72 Å². The van der Waals surface area contributed by atoms with E-state index in [-0.39, 0.29) is 6.42 Å². The highest BCUT2D eigenvalue weighted by molar-refractivity contribution is 7.89. The molecule has 0 aliphatic carbocycles. The van der Waals surface area contributed by atoms with Gasteiger partial charge < -0.3 is 9.47 Å². The molecule has 0 spiro atoms. The third-order valence-electron chi connectivity index (χ3n) is 6.43. The van der Waals surface area contributed by atoms with Crippen molar-refractivity contribution >= 4 is 15.9 Å². The zero-order valence-electron chi connectivity index (χ0n) is 19.1. The Morgan fingerprint density at radius 2 is 1.84 bits per heavy atom. The van der Waals surface area contributed by atoms with Gasteiger partial charge in [-0.2, -0.15) is 0 Å². The summed E-state index contributed by atoms with van der Waals surface area (Å²) in [4.78, 5) is 11.5. The molecule has 1 aromatic carbocycles. The number of ether oxygens (including phenoxy) is 2. The molecule has 0 radical (unpaired) electrons. The summed E-state index contributed by atoms with van der Waals surface area (Å²) in [5, 5.41) is 0. The Bertz CT molecular complexity index is 839. The van der Waals surface area contributed by atoms with E-state index in [0.29, 0.717) is 37.1 Å². The van der Waals surface area contributed by atoms with Gasteiger partial charge in [0.25, 0.3) is 0 Å². The number of rotatable bonds is 14. The van der Waals surface area contributed by atoms with Crippen LogP contribution in [0.4, 0.5) is 0 Å². The van der Waals surface area contributed by atoms with Gasteiger partial charge in [-0.15, -0.1) is 0 Å². The van der Waals surface area contributed by atoms with Crippen molar-refractivity contribution in [3.8, 4) is 0 Å². The smallest absolute Gasteiger partial charge is 0.233 e. The first-order chi connectivity index (χ1) is 15.4. The minimum Gasteiger partial charge on any atom is -0.377 e. The van der Waals surface area contributed by atoms with E-state index < -0.39 is 15.9 Å². The lowest BCUT2D eigenvalue weighted by molar-refractivity contribution is -0.119. The number of carbonyl (C=O) groups excluding carboxylic acids is 1. The number of unbranched alkanes of at least 4 members (excludes halogenated alkanes) is 2. The van der Waals surface area contributed by atoms with Crippen molar-refractivity contribution in [1.82, 2.24) is 4.72 Å². The van der Waals surface area contributed by atoms with Gasteiger partial charge in [-0.1, -0.05) is 48.9 Å². The number of amides is 1. The quantitative estimate of drug-likeness (QED) is 0.327. The lowest BCUT2D eigenvalue weighted by Gasteiger charge is -2.27. The fourth-order valence-corrected chi connectivity index (χ4v) is 5.47. The highest BCUT2D eigenvalue weighted by atomic mass is 32.2. The average Bonchev–Trinajstić information content (AvgIpc) is 3.34. The van der Waals surface area contributed by atoms with Crippen molar-refractivity contribution in [2.75, 3.05) is 12.9 Å². The molecule has 1 amide bonds. The largest absolute Gasteiger partial charge is 0.377 e. The molecule has 7 heteroatoms. The van der Waals surface area contributed by atoms with E-state index in [1.54, 1.807) is 0 Å². The monoisotopic (exact) mass is 463 g/mol. The van der Waals surface area contributed by atoms with Crippen molar-refractivity contribution in [1.29, 1.82) is 0 Å². The van der Waals surface area contributed by atoms with Crippen molar-refractivity contribution in [2.24, 2.45) is 11.8 Å². The molecule has 0 unspecified atom stereocenters. The third kappa shape index (κ3) is 8.34. The predicted molar refractivity (Wildman–Crippen MR) is 125 cm³/mol. The Balaban J connectivity index is 1.30. The van der Waals surface area contributed by atoms with E-state index >= 15 is 0 Å². The number of hydrogen-bond donors (Lipinski definition) is 1. The molecular formula is C25H37NO5S. The van der Waals surface area contributed by atoms with Crippen LogP contribution in [0, 0.1) is 11.8 Å². The van der Waals surface area contributed by atoms with Crippen molar-refractivity contribution in [3.63, 3.8) is 0 Å². The van der Waals surface area contributed by atoms with Crippen LogP contribution in [0.3, 0.4) is 0 Å². The van der Waals surface area contributed by atoms with E-state index in [1.807, 2.05) is 22.9 Å². The maximum atomic E-state index is 11.5. The van der Waals surface area contributed by atoms with Crippen molar-refractivity contribution in [2.45, 2.75) is 76.6 Å². The molecule has 2 aliphatic rings. The van der Waals surface area contributed by atoms with Gasteiger partial charge in [0.1, 0.15) is 0 Å². The van der Waals surface area contributed by atoms with Crippen LogP contribution in [0.5, 0.6) is 0 Å². The van der Waals surface area contributed by atoms with E-state index in [9.17, 15) is 13.2 Å². The molecule has 2 saturated heterocycles. The van der Waals surface area contributed by atoms with E-state index in [0.717, 1.165) is 32.1 Å². The molecule has 2 bridgehead atoms. The molecule has 6 nitrogen and oxygen atoms in total. The second-order valence-electron chi connectivity index (χ2n) is 9.05. The van der Waals surface area contributed by atoms with Gasteiger partial charge >= 0.3 is 0 Å². The second kappa shape index (κ2) is 12.5. The van der Waals surface area contributed by atoms with Gasteiger partial charge in [0.05, 0.1) is 25.1 Å². The lowest BCUT2D eigenvalue weighted by atomic mass is 9.75. The molecule has 2 heterocycles. The van der Waals surface area contributed by atoms with Gasteiger partial charge in [0.2, 0.25) is 15.9 Å². The maximum absolute atomic E-state index is 11.5. The number of hydrogen-bond acceptors (Lipinski definition) is 5. The van der Waals surface area contributed by atoms with Gasteiger partial charge in [-0.05, 0) is 62.3 Å². The van der Waals surface area contributed by atoms with E-state index in [4.69, 9.17) is 9.47 Å². The third-order valence-corrected chi connectivity index (χ3v) is 7.03. The molecule has 1 N–H and O–H groups in total. The molecule has 0 saturated carbocycles. The Kier molecular flexibility index (Phi) is 9.75. The van der Waals surface area contributed by atoms with Crippen LogP contribution in [0.15, 0.2) is 42.5 Å².